The summed E-state index contributed by atoms with van der Waals surface area (Å²) in [6.45, 7) is 4.53. The van der Waals surface area contributed by atoms with E-state index in [2.05, 4.69) is 4.90 Å². The molecule has 3 nitrogen and oxygen atoms in total. The van der Waals surface area contributed by atoms with Crippen LogP contribution < -0.4 is 4.74 Å². The van der Waals surface area contributed by atoms with Crippen LogP contribution in [-0.4, -0.2) is 36.2 Å². The van der Waals surface area contributed by atoms with E-state index in [4.69, 9.17) is 4.74 Å². The average Bonchev–Trinajstić information content (AvgIpc) is 2.48. The van der Waals surface area contributed by atoms with Gasteiger partial charge in [0, 0.05) is 5.56 Å². The highest BCUT2D eigenvalue weighted by Crippen LogP contribution is 2.18. The number of aliphatic hydroxyl groups is 1. The van der Waals surface area contributed by atoms with Crippen LogP contribution in [0.15, 0.2) is 24.3 Å². The Hall–Kier alpha value is -1.06. The van der Waals surface area contributed by atoms with Crippen molar-refractivity contribution in [2.24, 2.45) is 0 Å². The van der Waals surface area contributed by atoms with Crippen molar-refractivity contribution < 1.29 is 9.84 Å². The molecular formula is C16H25NO2. The molecule has 1 N–H and O–H groups in total. The maximum atomic E-state index is 9.20. The smallest absolute Gasteiger partial charge is 0.124 e. The van der Waals surface area contributed by atoms with Crippen LogP contribution >= 0.6 is 0 Å². The molecule has 0 saturated carbocycles. The van der Waals surface area contributed by atoms with E-state index in [0.717, 1.165) is 24.3 Å². The lowest BCUT2D eigenvalue weighted by Crippen LogP contribution is -2.30. The van der Waals surface area contributed by atoms with E-state index in [1.165, 1.54) is 45.3 Å². The third-order valence-corrected chi connectivity index (χ3v) is 3.72. The predicted molar refractivity (Wildman–Crippen MR) is 77.4 cm³/mol. The summed E-state index contributed by atoms with van der Waals surface area (Å²) in [7, 11) is 0. The molecule has 2 rings (SSSR count). The first-order valence-electron chi connectivity index (χ1n) is 7.44. The van der Waals surface area contributed by atoms with Crippen molar-refractivity contribution in [2.45, 2.75) is 38.7 Å². The number of hydrogen-bond donors (Lipinski definition) is 1. The second-order valence-corrected chi connectivity index (χ2v) is 5.22. The van der Waals surface area contributed by atoms with Gasteiger partial charge in [-0.15, -0.1) is 0 Å². The molecule has 1 aliphatic heterocycles. The minimum Gasteiger partial charge on any atom is -0.493 e. The van der Waals surface area contributed by atoms with Crippen molar-refractivity contribution in [3.8, 4) is 5.75 Å². The van der Waals surface area contributed by atoms with Crippen molar-refractivity contribution in [1.29, 1.82) is 0 Å². The van der Waals surface area contributed by atoms with Gasteiger partial charge >= 0.3 is 0 Å². The van der Waals surface area contributed by atoms with Crippen LogP contribution in [0.1, 0.15) is 37.7 Å². The number of rotatable bonds is 7. The van der Waals surface area contributed by atoms with Gasteiger partial charge in [0.1, 0.15) is 5.75 Å². The molecule has 0 aromatic heterocycles. The molecule has 0 unspecified atom stereocenters. The van der Waals surface area contributed by atoms with Crippen molar-refractivity contribution in [2.75, 3.05) is 26.2 Å². The summed E-state index contributed by atoms with van der Waals surface area (Å²) < 4.78 is 5.74. The number of nitrogens with zero attached hydrogens (tertiary/aromatic N) is 1. The van der Waals surface area contributed by atoms with E-state index in [0.29, 0.717) is 0 Å². The van der Waals surface area contributed by atoms with E-state index < -0.39 is 0 Å². The molecular weight excluding hydrogens is 238 g/mol. The summed E-state index contributed by atoms with van der Waals surface area (Å²) in [5.74, 6) is 0.822. The zero-order valence-corrected chi connectivity index (χ0v) is 11.7. The lowest BCUT2D eigenvalue weighted by molar-refractivity contribution is 0.214. The molecule has 0 aliphatic carbocycles. The molecule has 0 amide bonds. The number of benzene rings is 1. The van der Waals surface area contributed by atoms with Gasteiger partial charge in [-0.1, -0.05) is 24.6 Å². The first kappa shape index (κ1) is 14.4. The van der Waals surface area contributed by atoms with E-state index in [1.807, 2.05) is 24.3 Å². The quantitative estimate of drug-likeness (QED) is 0.768. The zero-order chi connectivity index (χ0) is 13.3. The van der Waals surface area contributed by atoms with Gasteiger partial charge in [-0.25, -0.2) is 0 Å². The molecule has 3 heteroatoms. The Morgan fingerprint density at radius 1 is 1.05 bits per heavy atom. The Morgan fingerprint density at radius 3 is 2.63 bits per heavy atom. The maximum Gasteiger partial charge on any atom is 0.124 e. The van der Waals surface area contributed by atoms with Crippen LogP contribution in [-0.2, 0) is 6.61 Å². The molecule has 0 atom stereocenters. The number of aliphatic hydroxyl groups excluding tert-OH is 1. The van der Waals surface area contributed by atoms with Crippen LogP contribution in [0.2, 0.25) is 0 Å². The summed E-state index contributed by atoms with van der Waals surface area (Å²) in [5, 5.41) is 9.20. The SMILES string of the molecule is OCc1ccccc1OCCCCN1CCCCC1. The Morgan fingerprint density at radius 2 is 1.84 bits per heavy atom. The first-order chi connectivity index (χ1) is 9.40. The van der Waals surface area contributed by atoms with Gasteiger partial charge in [-0.2, -0.15) is 0 Å². The van der Waals surface area contributed by atoms with Gasteiger partial charge < -0.3 is 14.7 Å². The Bertz CT molecular complexity index is 362. The summed E-state index contributed by atoms with van der Waals surface area (Å²) >= 11 is 0. The second-order valence-electron chi connectivity index (χ2n) is 5.22. The Kier molecular flexibility index (Phi) is 6.18. The largest absolute Gasteiger partial charge is 0.493 e. The fourth-order valence-corrected chi connectivity index (χ4v) is 2.58. The van der Waals surface area contributed by atoms with E-state index >= 15 is 0 Å². The minimum absolute atomic E-state index is 0.0456. The highest BCUT2D eigenvalue weighted by Gasteiger charge is 2.09. The highest BCUT2D eigenvalue weighted by atomic mass is 16.5. The van der Waals surface area contributed by atoms with E-state index in [-0.39, 0.29) is 6.61 Å². The minimum atomic E-state index is 0.0456. The van der Waals surface area contributed by atoms with Crippen LogP contribution in [0.5, 0.6) is 5.75 Å². The topological polar surface area (TPSA) is 32.7 Å². The number of hydrogen-bond acceptors (Lipinski definition) is 3. The van der Waals surface area contributed by atoms with E-state index in [9.17, 15) is 5.11 Å². The standard InChI is InChI=1S/C16H25NO2/c18-14-15-8-2-3-9-16(15)19-13-7-6-12-17-10-4-1-5-11-17/h2-3,8-9,18H,1,4-7,10-14H2. The number of piperidine rings is 1. The molecule has 0 spiro atoms. The third-order valence-electron chi connectivity index (χ3n) is 3.72. The molecule has 19 heavy (non-hydrogen) atoms. The monoisotopic (exact) mass is 263 g/mol. The molecule has 1 heterocycles. The predicted octanol–water partition coefficient (Wildman–Crippen LogP) is 2.82. The van der Waals surface area contributed by atoms with Gasteiger partial charge in [0.05, 0.1) is 13.2 Å². The normalized spacial score (nSPS) is 16.5. The average molecular weight is 263 g/mol. The number of unbranched alkanes of at least 4 members (excludes halogenated alkanes) is 1. The van der Waals surface area contributed by atoms with Crippen LogP contribution in [0.25, 0.3) is 0 Å². The zero-order valence-electron chi connectivity index (χ0n) is 11.7. The lowest BCUT2D eigenvalue weighted by atomic mass is 10.1. The molecule has 1 saturated heterocycles. The van der Waals surface area contributed by atoms with Crippen molar-refractivity contribution >= 4 is 0 Å². The van der Waals surface area contributed by atoms with Gasteiger partial charge in [0.2, 0.25) is 0 Å². The summed E-state index contributed by atoms with van der Waals surface area (Å²) in [5.41, 5.74) is 0.874. The number of likely N-dealkylation sites (tertiary alicyclic amines) is 1. The second kappa shape index (κ2) is 8.18. The van der Waals surface area contributed by atoms with Crippen LogP contribution in [0.3, 0.4) is 0 Å². The molecule has 1 aromatic carbocycles. The highest BCUT2D eigenvalue weighted by molar-refractivity contribution is 5.32. The summed E-state index contributed by atoms with van der Waals surface area (Å²) in [4.78, 5) is 2.56. The summed E-state index contributed by atoms with van der Waals surface area (Å²) in [6.07, 6.45) is 6.40. The number of para-hydroxylation sites is 1. The molecule has 0 bridgehead atoms. The van der Waals surface area contributed by atoms with Crippen molar-refractivity contribution in [1.82, 2.24) is 4.90 Å². The van der Waals surface area contributed by atoms with Gasteiger partial charge in [0.25, 0.3) is 0 Å². The first-order valence-corrected chi connectivity index (χ1v) is 7.44. The van der Waals surface area contributed by atoms with Gasteiger partial charge in [-0.3, -0.25) is 0 Å². The molecule has 1 aromatic rings. The Balaban J connectivity index is 1.61. The van der Waals surface area contributed by atoms with Crippen molar-refractivity contribution in [3.63, 3.8) is 0 Å². The fourth-order valence-electron chi connectivity index (χ4n) is 2.58. The molecule has 0 radical (unpaired) electrons. The van der Waals surface area contributed by atoms with E-state index in [1.54, 1.807) is 0 Å². The van der Waals surface area contributed by atoms with Gasteiger partial charge in [0.15, 0.2) is 0 Å². The third kappa shape index (κ3) is 4.84. The van der Waals surface area contributed by atoms with Crippen molar-refractivity contribution in [3.05, 3.63) is 29.8 Å². The van der Waals surface area contributed by atoms with Gasteiger partial charge in [-0.05, 0) is 51.4 Å². The number of ether oxygens (including phenoxy) is 1. The Labute approximate surface area is 116 Å². The lowest BCUT2D eigenvalue weighted by Gasteiger charge is -2.26. The summed E-state index contributed by atoms with van der Waals surface area (Å²) in [6, 6.07) is 7.70. The molecule has 1 fully saturated rings. The van der Waals surface area contributed by atoms with Crippen LogP contribution in [0.4, 0.5) is 0 Å². The van der Waals surface area contributed by atoms with Crippen LogP contribution in [0, 0.1) is 0 Å². The fraction of sp³-hybridized carbons (Fsp3) is 0.625. The maximum absolute atomic E-state index is 9.20. The molecule has 106 valence electrons. The molecule has 1 aliphatic rings.